The van der Waals surface area contributed by atoms with Crippen molar-refractivity contribution in [3.05, 3.63) is 78.1 Å². The van der Waals surface area contributed by atoms with Crippen LogP contribution in [0.25, 0.3) is 11.0 Å². The van der Waals surface area contributed by atoms with Gasteiger partial charge in [0.2, 0.25) is 11.8 Å². The number of anilines is 1. The van der Waals surface area contributed by atoms with Crippen molar-refractivity contribution in [2.45, 2.75) is 45.3 Å². The summed E-state index contributed by atoms with van der Waals surface area (Å²) in [6.07, 6.45) is 0.649. The maximum Gasteiger partial charge on any atom is 0.249 e. The molecule has 1 atom stereocenters. The van der Waals surface area contributed by atoms with Gasteiger partial charge in [0.1, 0.15) is 23.9 Å². The summed E-state index contributed by atoms with van der Waals surface area (Å²) < 4.78 is 26.6. The van der Waals surface area contributed by atoms with Crippen LogP contribution in [0.15, 0.2) is 66.7 Å². The fourth-order valence-electron chi connectivity index (χ4n) is 4.29. The van der Waals surface area contributed by atoms with Gasteiger partial charge in [-0.3, -0.25) is 14.5 Å². The fourth-order valence-corrected chi connectivity index (χ4v) is 4.29. The number of ether oxygens (including phenoxy) is 2. The van der Waals surface area contributed by atoms with Crippen molar-refractivity contribution in [1.29, 1.82) is 0 Å². The number of hydrogen-bond acceptors (Lipinski definition) is 6. The summed E-state index contributed by atoms with van der Waals surface area (Å²) in [6.45, 7) is 5.54. The molecule has 0 aliphatic heterocycles. The quantitative estimate of drug-likeness (QED) is 0.318. The van der Waals surface area contributed by atoms with Crippen LogP contribution in [0.1, 0.15) is 38.8 Å². The highest BCUT2D eigenvalue weighted by molar-refractivity contribution is 6.02. The van der Waals surface area contributed by atoms with Gasteiger partial charge < -0.3 is 14.8 Å². The topological polar surface area (TPSA) is 98.6 Å². The molecule has 2 amide bonds. The summed E-state index contributed by atoms with van der Waals surface area (Å²) in [5.41, 5.74) is 1.46. The summed E-state index contributed by atoms with van der Waals surface area (Å²) in [6, 6.07) is 16.6. The molecule has 39 heavy (non-hydrogen) atoms. The molecule has 9 nitrogen and oxygen atoms in total. The number of amides is 2. The van der Waals surface area contributed by atoms with Crippen LogP contribution < -0.4 is 19.7 Å². The standard InChI is InChI=1S/C29H32FN5O4/c1-6-29(2,3)31-28(37)26(21-10-9-13-24(38-4)27(21)39-5)35(20-16-14-19(30)15-17-20)25(36)18-34-23-12-8-7-11-22(23)32-33-34/h7-17,26H,6,18H2,1-5H3,(H,31,37)/t26-/m0/s1. The van der Waals surface area contributed by atoms with Crippen molar-refractivity contribution >= 4 is 28.5 Å². The largest absolute Gasteiger partial charge is 0.493 e. The van der Waals surface area contributed by atoms with Crippen molar-refractivity contribution in [3.8, 4) is 11.5 Å². The Morgan fingerprint density at radius 3 is 2.41 bits per heavy atom. The smallest absolute Gasteiger partial charge is 0.249 e. The van der Waals surface area contributed by atoms with E-state index in [1.54, 1.807) is 24.3 Å². The molecule has 0 radical (unpaired) electrons. The maximum absolute atomic E-state index is 14.1. The third-order valence-corrected chi connectivity index (χ3v) is 6.66. The van der Waals surface area contributed by atoms with Gasteiger partial charge in [0, 0.05) is 16.8 Å². The number of aromatic nitrogens is 3. The first-order valence-corrected chi connectivity index (χ1v) is 12.6. The fraction of sp³-hybridized carbons (Fsp3) is 0.310. The van der Waals surface area contributed by atoms with Gasteiger partial charge in [0.05, 0.1) is 19.7 Å². The van der Waals surface area contributed by atoms with Crippen LogP contribution in [-0.4, -0.2) is 46.6 Å². The predicted molar refractivity (Wildman–Crippen MR) is 146 cm³/mol. The van der Waals surface area contributed by atoms with Crippen molar-refractivity contribution < 1.29 is 23.5 Å². The third-order valence-electron chi connectivity index (χ3n) is 6.66. The summed E-state index contributed by atoms with van der Waals surface area (Å²) in [5.74, 6) is -0.663. The second-order valence-corrected chi connectivity index (χ2v) is 9.69. The number of para-hydroxylation sites is 2. The van der Waals surface area contributed by atoms with E-state index in [1.165, 1.54) is 48.1 Å². The minimum absolute atomic E-state index is 0.217. The molecule has 10 heteroatoms. The number of benzene rings is 3. The molecule has 0 spiro atoms. The minimum atomic E-state index is -1.19. The summed E-state index contributed by atoms with van der Waals surface area (Å²) >= 11 is 0. The second-order valence-electron chi connectivity index (χ2n) is 9.69. The second kappa shape index (κ2) is 11.5. The van der Waals surface area contributed by atoms with Gasteiger partial charge >= 0.3 is 0 Å². The lowest BCUT2D eigenvalue weighted by atomic mass is 9.97. The molecule has 0 aliphatic carbocycles. The Balaban J connectivity index is 1.89. The van der Waals surface area contributed by atoms with Gasteiger partial charge in [-0.2, -0.15) is 0 Å². The van der Waals surface area contributed by atoms with E-state index in [4.69, 9.17) is 9.47 Å². The van der Waals surface area contributed by atoms with Crippen LogP contribution in [0.4, 0.5) is 10.1 Å². The van der Waals surface area contributed by atoms with Gasteiger partial charge in [-0.15, -0.1) is 5.10 Å². The number of hydrogen-bond donors (Lipinski definition) is 1. The highest BCUT2D eigenvalue weighted by Gasteiger charge is 2.37. The lowest BCUT2D eigenvalue weighted by Crippen LogP contribution is -2.51. The Hall–Kier alpha value is -4.47. The highest BCUT2D eigenvalue weighted by atomic mass is 19.1. The van der Waals surface area contributed by atoms with Crippen LogP contribution in [0.3, 0.4) is 0 Å². The molecule has 0 unspecified atom stereocenters. The van der Waals surface area contributed by atoms with Gasteiger partial charge in [0.25, 0.3) is 0 Å². The molecule has 4 aromatic rings. The molecule has 0 fully saturated rings. The zero-order valence-electron chi connectivity index (χ0n) is 22.6. The van der Waals surface area contributed by atoms with Crippen molar-refractivity contribution in [2.24, 2.45) is 0 Å². The van der Waals surface area contributed by atoms with Crippen LogP contribution >= 0.6 is 0 Å². The molecule has 4 rings (SSSR count). The van der Waals surface area contributed by atoms with Gasteiger partial charge in [0.15, 0.2) is 11.5 Å². The van der Waals surface area contributed by atoms with Crippen LogP contribution in [0.5, 0.6) is 11.5 Å². The van der Waals surface area contributed by atoms with Crippen molar-refractivity contribution in [3.63, 3.8) is 0 Å². The van der Waals surface area contributed by atoms with Crippen LogP contribution in [-0.2, 0) is 16.1 Å². The molecular weight excluding hydrogens is 501 g/mol. The first-order valence-electron chi connectivity index (χ1n) is 12.6. The summed E-state index contributed by atoms with van der Waals surface area (Å²) in [4.78, 5) is 29.6. The molecule has 1 N–H and O–H groups in total. The first kappa shape index (κ1) is 27.6. The number of halogens is 1. The summed E-state index contributed by atoms with van der Waals surface area (Å²) in [5, 5.41) is 11.4. The van der Waals surface area contributed by atoms with E-state index in [2.05, 4.69) is 15.6 Å². The average molecular weight is 534 g/mol. The van der Waals surface area contributed by atoms with Gasteiger partial charge in [-0.25, -0.2) is 9.07 Å². The maximum atomic E-state index is 14.1. The normalized spacial score (nSPS) is 12.2. The number of methoxy groups -OCH3 is 2. The van der Waals surface area contributed by atoms with E-state index in [0.29, 0.717) is 40.2 Å². The Morgan fingerprint density at radius 1 is 1.03 bits per heavy atom. The zero-order chi connectivity index (χ0) is 28.2. The monoisotopic (exact) mass is 533 g/mol. The zero-order valence-corrected chi connectivity index (χ0v) is 22.6. The minimum Gasteiger partial charge on any atom is -0.493 e. The molecule has 1 heterocycles. The highest BCUT2D eigenvalue weighted by Crippen LogP contribution is 2.39. The molecule has 0 saturated heterocycles. The van der Waals surface area contributed by atoms with E-state index in [9.17, 15) is 14.0 Å². The predicted octanol–water partition coefficient (Wildman–Crippen LogP) is 4.67. The van der Waals surface area contributed by atoms with E-state index in [0.717, 1.165) is 0 Å². The number of nitrogens with zero attached hydrogens (tertiary/aromatic N) is 4. The first-order chi connectivity index (χ1) is 18.7. The lowest BCUT2D eigenvalue weighted by molar-refractivity contribution is -0.128. The molecule has 0 saturated carbocycles. The van der Waals surface area contributed by atoms with Crippen LogP contribution in [0.2, 0.25) is 0 Å². The van der Waals surface area contributed by atoms with E-state index >= 15 is 0 Å². The Kier molecular flexibility index (Phi) is 8.13. The Labute approximate surface area is 226 Å². The SMILES string of the molecule is CCC(C)(C)NC(=O)[C@H](c1cccc(OC)c1OC)N(C(=O)Cn1nnc2ccccc21)c1ccc(F)cc1. The number of rotatable bonds is 10. The number of nitrogens with one attached hydrogen (secondary N) is 1. The number of carbonyl (C=O) groups is 2. The Bertz CT molecular complexity index is 1470. The number of fused-ring (bicyclic) bond motifs is 1. The number of carbonyl (C=O) groups excluding carboxylic acids is 2. The van der Waals surface area contributed by atoms with E-state index in [1.807, 2.05) is 39.0 Å². The third kappa shape index (κ3) is 5.84. The molecule has 3 aromatic carbocycles. The van der Waals surface area contributed by atoms with Gasteiger partial charge in [-0.1, -0.05) is 36.4 Å². The van der Waals surface area contributed by atoms with E-state index in [-0.39, 0.29) is 6.54 Å². The van der Waals surface area contributed by atoms with E-state index < -0.39 is 29.2 Å². The molecule has 0 bridgehead atoms. The van der Waals surface area contributed by atoms with Crippen molar-refractivity contribution in [1.82, 2.24) is 20.3 Å². The molecule has 1 aromatic heterocycles. The Morgan fingerprint density at radius 2 is 1.74 bits per heavy atom. The average Bonchev–Trinajstić information content (AvgIpc) is 3.34. The molecule has 0 aliphatic rings. The lowest BCUT2D eigenvalue weighted by Gasteiger charge is -2.35. The van der Waals surface area contributed by atoms with Crippen molar-refractivity contribution in [2.75, 3.05) is 19.1 Å². The summed E-state index contributed by atoms with van der Waals surface area (Å²) in [7, 11) is 2.97. The van der Waals surface area contributed by atoms with Crippen LogP contribution in [0, 0.1) is 5.82 Å². The van der Waals surface area contributed by atoms with Gasteiger partial charge in [-0.05, 0) is 62.7 Å². The molecular formula is C29H32FN5O4. The molecule has 204 valence electrons.